The second-order valence-corrected chi connectivity index (χ2v) is 8.71. The van der Waals surface area contributed by atoms with E-state index in [0.29, 0.717) is 5.02 Å². The van der Waals surface area contributed by atoms with Gasteiger partial charge in [-0.2, -0.15) is 0 Å². The van der Waals surface area contributed by atoms with Crippen LogP contribution in [-0.2, 0) is 7.05 Å². The number of hydrogen-bond acceptors (Lipinski definition) is 1. The third-order valence-electron chi connectivity index (χ3n) is 5.70. The molecular weight excluding hydrogens is 446 g/mol. The third kappa shape index (κ3) is 2.41. The van der Waals surface area contributed by atoms with E-state index in [4.69, 9.17) is 16.0 Å². The molecule has 4 heteroatoms. The molecular formula is C25H15BrClNO. The summed E-state index contributed by atoms with van der Waals surface area (Å²) >= 11 is 9.96. The first-order chi connectivity index (χ1) is 14.1. The Bertz CT molecular complexity index is 1580. The van der Waals surface area contributed by atoms with Gasteiger partial charge in [-0.1, -0.05) is 57.9 Å². The van der Waals surface area contributed by atoms with Gasteiger partial charge in [0, 0.05) is 49.2 Å². The van der Waals surface area contributed by atoms with Gasteiger partial charge in [0.25, 0.3) is 0 Å². The number of nitrogens with zero attached hydrogens (tertiary/aromatic N) is 1. The highest BCUT2D eigenvalue weighted by molar-refractivity contribution is 9.10. The second-order valence-electron chi connectivity index (χ2n) is 7.35. The highest BCUT2D eigenvalue weighted by atomic mass is 79.9. The third-order valence-corrected chi connectivity index (χ3v) is 6.43. The Morgan fingerprint density at radius 2 is 1.66 bits per heavy atom. The lowest BCUT2D eigenvalue weighted by atomic mass is 9.98. The van der Waals surface area contributed by atoms with Gasteiger partial charge in [0.1, 0.15) is 11.2 Å². The Morgan fingerprint density at radius 1 is 0.828 bits per heavy atom. The Hall–Kier alpha value is -2.75. The first-order valence-corrected chi connectivity index (χ1v) is 10.6. The summed E-state index contributed by atoms with van der Waals surface area (Å²) < 4.78 is 9.73. The molecule has 29 heavy (non-hydrogen) atoms. The van der Waals surface area contributed by atoms with Crippen LogP contribution in [0.4, 0.5) is 0 Å². The van der Waals surface area contributed by atoms with Crippen molar-refractivity contribution in [2.75, 3.05) is 0 Å². The minimum atomic E-state index is 0.710. The Labute approximate surface area is 180 Å². The molecule has 0 fully saturated rings. The number of benzene rings is 4. The molecule has 6 aromatic rings. The van der Waals surface area contributed by atoms with Crippen LogP contribution in [-0.4, -0.2) is 4.57 Å². The van der Waals surface area contributed by atoms with Crippen molar-refractivity contribution in [3.05, 3.63) is 82.3 Å². The van der Waals surface area contributed by atoms with Gasteiger partial charge >= 0.3 is 0 Å². The number of furan rings is 1. The molecule has 0 unspecified atom stereocenters. The average molecular weight is 461 g/mol. The summed E-state index contributed by atoms with van der Waals surface area (Å²) in [5.74, 6) is 0. The summed E-state index contributed by atoms with van der Waals surface area (Å²) in [6.45, 7) is 0. The molecule has 0 amide bonds. The van der Waals surface area contributed by atoms with Gasteiger partial charge in [-0.05, 0) is 48.0 Å². The van der Waals surface area contributed by atoms with Crippen molar-refractivity contribution in [3.63, 3.8) is 0 Å². The first kappa shape index (κ1) is 17.1. The molecule has 0 bridgehead atoms. The Balaban J connectivity index is 1.93. The number of aromatic nitrogens is 1. The monoisotopic (exact) mass is 459 g/mol. The number of fused-ring (bicyclic) bond motifs is 6. The molecule has 4 aromatic carbocycles. The van der Waals surface area contributed by atoms with Crippen LogP contribution in [0.3, 0.4) is 0 Å². The lowest BCUT2D eigenvalue weighted by Gasteiger charge is -2.08. The predicted molar refractivity (Wildman–Crippen MR) is 126 cm³/mol. The zero-order valence-corrected chi connectivity index (χ0v) is 17.9. The smallest absolute Gasteiger partial charge is 0.145 e. The van der Waals surface area contributed by atoms with E-state index in [9.17, 15) is 0 Å². The molecule has 0 atom stereocenters. The largest absolute Gasteiger partial charge is 0.455 e. The van der Waals surface area contributed by atoms with Crippen molar-refractivity contribution in [1.29, 1.82) is 0 Å². The Kier molecular flexibility index (Phi) is 3.62. The summed E-state index contributed by atoms with van der Waals surface area (Å²) in [5, 5.41) is 5.26. The number of aryl methyl sites for hydroxylation is 1. The number of rotatable bonds is 1. The van der Waals surface area contributed by atoms with E-state index in [0.717, 1.165) is 37.5 Å². The minimum absolute atomic E-state index is 0.710. The van der Waals surface area contributed by atoms with E-state index in [1.54, 1.807) is 0 Å². The van der Waals surface area contributed by atoms with Crippen molar-refractivity contribution >= 4 is 71.3 Å². The maximum Gasteiger partial charge on any atom is 0.145 e. The fourth-order valence-electron chi connectivity index (χ4n) is 4.44. The summed E-state index contributed by atoms with van der Waals surface area (Å²) in [7, 11) is 2.12. The fraction of sp³-hybridized carbons (Fsp3) is 0.0400. The second kappa shape index (κ2) is 6.12. The van der Waals surface area contributed by atoms with Crippen LogP contribution in [0.2, 0.25) is 5.02 Å². The van der Waals surface area contributed by atoms with E-state index in [1.807, 2.05) is 24.3 Å². The SMILES string of the molecule is Cn1c2ccc(Br)cc2c2cc3c(oc4ccc(Cl)cc43)c(-c3ccccc3)c21. The van der Waals surface area contributed by atoms with Crippen molar-refractivity contribution in [2.45, 2.75) is 0 Å². The van der Waals surface area contributed by atoms with Crippen LogP contribution < -0.4 is 0 Å². The summed E-state index contributed by atoms with van der Waals surface area (Å²) in [5.41, 5.74) is 6.35. The van der Waals surface area contributed by atoms with Gasteiger partial charge in [0.05, 0.1) is 5.52 Å². The van der Waals surface area contributed by atoms with Gasteiger partial charge in [-0.15, -0.1) is 0 Å². The Morgan fingerprint density at radius 3 is 2.48 bits per heavy atom. The zero-order valence-electron chi connectivity index (χ0n) is 15.5. The maximum absolute atomic E-state index is 6.39. The number of hydrogen-bond donors (Lipinski definition) is 0. The lowest BCUT2D eigenvalue weighted by Crippen LogP contribution is -1.90. The van der Waals surface area contributed by atoms with E-state index < -0.39 is 0 Å². The molecule has 0 aliphatic rings. The standard InChI is InChI=1S/C25H15BrClNO/c1-28-21-9-7-15(26)11-17(21)19-13-20-18-12-16(27)8-10-22(18)29-25(20)23(24(19)28)14-5-3-2-4-6-14/h2-13H,1H3. The quantitative estimate of drug-likeness (QED) is 0.241. The molecule has 0 spiro atoms. The fourth-order valence-corrected chi connectivity index (χ4v) is 4.97. The molecule has 6 rings (SSSR count). The highest BCUT2D eigenvalue weighted by Gasteiger charge is 2.21. The molecule has 2 nitrogen and oxygen atoms in total. The highest BCUT2D eigenvalue weighted by Crippen LogP contribution is 2.44. The van der Waals surface area contributed by atoms with Crippen LogP contribution in [0.1, 0.15) is 0 Å². The van der Waals surface area contributed by atoms with Crippen LogP contribution in [0.5, 0.6) is 0 Å². The average Bonchev–Trinajstić information content (AvgIpc) is 3.22. The van der Waals surface area contributed by atoms with Crippen LogP contribution >= 0.6 is 27.5 Å². The molecule has 0 saturated heterocycles. The van der Waals surface area contributed by atoms with Gasteiger partial charge in [-0.25, -0.2) is 0 Å². The molecule has 2 aromatic heterocycles. The van der Waals surface area contributed by atoms with Crippen molar-refractivity contribution in [2.24, 2.45) is 7.05 Å². The van der Waals surface area contributed by atoms with Crippen molar-refractivity contribution in [1.82, 2.24) is 4.57 Å². The molecule has 0 radical (unpaired) electrons. The first-order valence-electron chi connectivity index (χ1n) is 9.39. The minimum Gasteiger partial charge on any atom is -0.455 e. The normalized spacial score (nSPS) is 12.0. The molecule has 0 aliphatic carbocycles. The zero-order chi connectivity index (χ0) is 19.7. The molecule has 0 saturated carbocycles. The van der Waals surface area contributed by atoms with Gasteiger partial charge in [0.2, 0.25) is 0 Å². The summed E-state index contributed by atoms with van der Waals surface area (Å²) in [6.07, 6.45) is 0. The maximum atomic E-state index is 6.39. The molecule has 0 N–H and O–H groups in total. The van der Waals surface area contributed by atoms with Gasteiger partial charge < -0.3 is 8.98 Å². The van der Waals surface area contributed by atoms with E-state index in [1.165, 1.54) is 21.8 Å². The lowest BCUT2D eigenvalue weighted by molar-refractivity contribution is 0.670. The summed E-state index contributed by atoms with van der Waals surface area (Å²) in [6, 6.07) is 24.9. The van der Waals surface area contributed by atoms with E-state index in [2.05, 4.69) is 76.1 Å². The molecule has 2 heterocycles. The van der Waals surface area contributed by atoms with Crippen LogP contribution in [0.25, 0.3) is 54.9 Å². The predicted octanol–water partition coefficient (Wildman–Crippen LogP) is 8.31. The topological polar surface area (TPSA) is 18.1 Å². The van der Waals surface area contributed by atoms with Crippen LogP contribution in [0, 0.1) is 0 Å². The van der Waals surface area contributed by atoms with Crippen molar-refractivity contribution < 1.29 is 4.42 Å². The summed E-state index contributed by atoms with van der Waals surface area (Å²) in [4.78, 5) is 0. The van der Waals surface area contributed by atoms with Gasteiger partial charge in [0.15, 0.2) is 0 Å². The van der Waals surface area contributed by atoms with E-state index >= 15 is 0 Å². The number of halogens is 2. The van der Waals surface area contributed by atoms with Crippen LogP contribution in [0.15, 0.2) is 81.7 Å². The molecule has 0 aliphatic heterocycles. The van der Waals surface area contributed by atoms with Gasteiger partial charge in [-0.3, -0.25) is 0 Å². The molecule has 140 valence electrons. The van der Waals surface area contributed by atoms with Crippen molar-refractivity contribution in [3.8, 4) is 11.1 Å². The van der Waals surface area contributed by atoms with E-state index in [-0.39, 0.29) is 0 Å².